The Balaban J connectivity index is 1.99. The molecule has 0 atom stereocenters. The fourth-order valence-corrected chi connectivity index (χ4v) is 2.40. The van der Waals surface area contributed by atoms with E-state index < -0.39 is 0 Å². The van der Waals surface area contributed by atoms with Crippen LogP contribution in [0.4, 0.5) is 5.13 Å². The van der Waals surface area contributed by atoms with E-state index in [0.717, 1.165) is 31.3 Å². The van der Waals surface area contributed by atoms with Crippen LogP contribution in [0.2, 0.25) is 0 Å². The van der Waals surface area contributed by atoms with Gasteiger partial charge in [0.1, 0.15) is 5.78 Å². The summed E-state index contributed by atoms with van der Waals surface area (Å²) in [6.45, 7) is 5.66. The number of piperazine rings is 1. The molecular formula is C10H16N4OS. The van der Waals surface area contributed by atoms with Crippen LogP contribution in [0.3, 0.4) is 0 Å². The second-order valence-electron chi connectivity index (χ2n) is 4.16. The summed E-state index contributed by atoms with van der Waals surface area (Å²) in [5.41, 5.74) is 0. The molecule has 1 saturated heterocycles. The molecule has 0 aromatic carbocycles. The molecule has 88 valence electrons. The highest BCUT2D eigenvalue weighted by Crippen LogP contribution is 2.18. The standard InChI is InChI=1S/C10H16N4OS/c1-8(15)7-9-11-10(16-12-9)14-5-3-13(2)4-6-14/h3-7H2,1-2H3. The summed E-state index contributed by atoms with van der Waals surface area (Å²) in [6.07, 6.45) is 0.351. The summed E-state index contributed by atoms with van der Waals surface area (Å²) < 4.78 is 4.21. The van der Waals surface area contributed by atoms with Crippen LogP contribution in [-0.2, 0) is 11.2 Å². The smallest absolute Gasteiger partial charge is 0.205 e. The number of anilines is 1. The zero-order chi connectivity index (χ0) is 11.5. The quantitative estimate of drug-likeness (QED) is 0.766. The van der Waals surface area contributed by atoms with Crippen LogP contribution >= 0.6 is 11.5 Å². The maximum Gasteiger partial charge on any atom is 0.205 e. The summed E-state index contributed by atoms with van der Waals surface area (Å²) in [7, 11) is 2.12. The Hall–Kier alpha value is -1.01. The van der Waals surface area contributed by atoms with Gasteiger partial charge in [-0.1, -0.05) is 0 Å². The molecule has 2 rings (SSSR count). The third-order valence-electron chi connectivity index (χ3n) is 2.64. The van der Waals surface area contributed by atoms with Crippen LogP contribution in [0, 0.1) is 0 Å². The second kappa shape index (κ2) is 4.88. The Morgan fingerprint density at radius 3 is 2.69 bits per heavy atom. The first kappa shape index (κ1) is 11.5. The van der Waals surface area contributed by atoms with Gasteiger partial charge in [-0.25, -0.2) is 4.98 Å². The third-order valence-corrected chi connectivity index (χ3v) is 3.45. The van der Waals surface area contributed by atoms with Gasteiger partial charge in [-0.3, -0.25) is 4.79 Å². The molecule has 0 aliphatic carbocycles. The Bertz CT molecular complexity index is 371. The van der Waals surface area contributed by atoms with Crippen molar-refractivity contribution in [2.45, 2.75) is 13.3 Å². The van der Waals surface area contributed by atoms with E-state index in [0.29, 0.717) is 12.2 Å². The molecular weight excluding hydrogens is 224 g/mol. The summed E-state index contributed by atoms with van der Waals surface area (Å²) in [5, 5.41) is 0.948. The van der Waals surface area contributed by atoms with E-state index in [9.17, 15) is 4.79 Å². The predicted octanol–water partition coefficient (Wildman–Crippen LogP) is 0.421. The molecule has 1 aliphatic heterocycles. The van der Waals surface area contributed by atoms with Crippen molar-refractivity contribution in [3.8, 4) is 0 Å². The molecule has 6 heteroatoms. The van der Waals surface area contributed by atoms with Crippen LogP contribution in [0.25, 0.3) is 0 Å². The molecule has 1 fully saturated rings. The Morgan fingerprint density at radius 2 is 2.06 bits per heavy atom. The lowest BCUT2D eigenvalue weighted by Crippen LogP contribution is -2.44. The number of rotatable bonds is 3. The number of carbonyl (C=O) groups is 1. The maximum atomic E-state index is 10.9. The predicted molar refractivity (Wildman–Crippen MR) is 64.0 cm³/mol. The van der Waals surface area contributed by atoms with Gasteiger partial charge in [0.25, 0.3) is 0 Å². The largest absolute Gasteiger partial charge is 0.344 e. The average Bonchev–Trinajstić information content (AvgIpc) is 2.66. The lowest BCUT2D eigenvalue weighted by Gasteiger charge is -2.31. The normalized spacial score (nSPS) is 17.8. The highest BCUT2D eigenvalue weighted by atomic mass is 32.1. The van der Waals surface area contributed by atoms with Crippen LogP contribution < -0.4 is 4.90 Å². The lowest BCUT2D eigenvalue weighted by molar-refractivity contribution is -0.116. The number of aromatic nitrogens is 2. The van der Waals surface area contributed by atoms with Crippen molar-refractivity contribution in [1.29, 1.82) is 0 Å². The van der Waals surface area contributed by atoms with Gasteiger partial charge in [0.2, 0.25) is 5.13 Å². The van der Waals surface area contributed by atoms with Gasteiger partial charge in [0, 0.05) is 37.7 Å². The van der Waals surface area contributed by atoms with Gasteiger partial charge >= 0.3 is 0 Å². The van der Waals surface area contributed by atoms with E-state index >= 15 is 0 Å². The van der Waals surface area contributed by atoms with Crippen molar-refractivity contribution >= 4 is 22.4 Å². The average molecular weight is 240 g/mol. The number of Topliss-reactive ketones (excluding diaryl/α,β-unsaturated/α-hetero) is 1. The molecule has 0 unspecified atom stereocenters. The molecule has 2 heterocycles. The molecule has 5 nitrogen and oxygen atoms in total. The van der Waals surface area contributed by atoms with Crippen molar-refractivity contribution in [1.82, 2.24) is 14.3 Å². The van der Waals surface area contributed by atoms with Crippen molar-refractivity contribution in [3.63, 3.8) is 0 Å². The Morgan fingerprint density at radius 1 is 1.38 bits per heavy atom. The minimum Gasteiger partial charge on any atom is -0.344 e. The van der Waals surface area contributed by atoms with E-state index in [1.807, 2.05) is 0 Å². The van der Waals surface area contributed by atoms with E-state index in [1.54, 1.807) is 6.92 Å². The number of ketones is 1. The van der Waals surface area contributed by atoms with Crippen molar-refractivity contribution in [3.05, 3.63) is 5.82 Å². The van der Waals surface area contributed by atoms with Gasteiger partial charge < -0.3 is 9.80 Å². The van der Waals surface area contributed by atoms with E-state index in [2.05, 4.69) is 26.2 Å². The topological polar surface area (TPSA) is 49.3 Å². The van der Waals surface area contributed by atoms with Crippen molar-refractivity contribution in [2.24, 2.45) is 0 Å². The van der Waals surface area contributed by atoms with Gasteiger partial charge in [0.05, 0.1) is 6.42 Å². The molecule has 0 bridgehead atoms. The number of hydrogen-bond donors (Lipinski definition) is 0. The van der Waals surface area contributed by atoms with Gasteiger partial charge in [0.15, 0.2) is 5.82 Å². The summed E-state index contributed by atoms with van der Waals surface area (Å²) >= 11 is 1.39. The van der Waals surface area contributed by atoms with Gasteiger partial charge in [-0.15, -0.1) is 0 Å². The molecule has 1 aliphatic rings. The van der Waals surface area contributed by atoms with Crippen LogP contribution in [-0.4, -0.2) is 53.3 Å². The molecule has 0 saturated carbocycles. The highest BCUT2D eigenvalue weighted by Gasteiger charge is 2.17. The minimum absolute atomic E-state index is 0.114. The highest BCUT2D eigenvalue weighted by molar-refractivity contribution is 7.09. The minimum atomic E-state index is 0.114. The summed E-state index contributed by atoms with van der Waals surface area (Å²) in [4.78, 5) is 19.9. The van der Waals surface area contributed by atoms with Crippen molar-refractivity contribution < 1.29 is 4.79 Å². The zero-order valence-corrected chi connectivity index (χ0v) is 10.5. The second-order valence-corrected chi connectivity index (χ2v) is 4.89. The summed E-state index contributed by atoms with van der Waals surface area (Å²) in [5.74, 6) is 0.772. The van der Waals surface area contributed by atoms with Crippen LogP contribution in [0.5, 0.6) is 0 Å². The SMILES string of the molecule is CC(=O)Cc1nsc(N2CCN(C)CC2)n1. The Labute approximate surface area is 99.2 Å². The molecule has 0 N–H and O–H groups in total. The lowest BCUT2D eigenvalue weighted by atomic mass is 10.3. The number of carbonyl (C=O) groups excluding carboxylic acids is 1. The zero-order valence-electron chi connectivity index (χ0n) is 9.64. The van der Waals surface area contributed by atoms with E-state index in [4.69, 9.17) is 0 Å². The summed E-state index contributed by atoms with van der Waals surface area (Å²) in [6, 6.07) is 0. The first-order chi connectivity index (χ1) is 7.65. The molecule has 0 radical (unpaired) electrons. The molecule has 16 heavy (non-hydrogen) atoms. The van der Waals surface area contributed by atoms with Gasteiger partial charge in [-0.05, 0) is 14.0 Å². The van der Waals surface area contributed by atoms with E-state index in [-0.39, 0.29) is 5.78 Å². The van der Waals surface area contributed by atoms with Crippen LogP contribution in [0.15, 0.2) is 0 Å². The Kier molecular flexibility index (Phi) is 3.50. The van der Waals surface area contributed by atoms with Crippen LogP contribution in [0.1, 0.15) is 12.7 Å². The maximum absolute atomic E-state index is 10.9. The number of nitrogens with zero attached hydrogens (tertiary/aromatic N) is 4. The number of hydrogen-bond acceptors (Lipinski definition) is 6. The van der Waals surface area contributed by atoms with Crippen molar-refractivity contribution in [2.75, 3.05) is 38.1 Å². The molecule has 0 amide bonds. The molecule has 1 aromatic rings. The first-order valence-corrected chi connectivity index (χ1v) is 6.18. The van der Waals surface area contributed by atoms with Gasteiger partial charge in [-0.2, -0.15) is 4.37 Å². The fourth-order valence-electron chi connectivity index (χ4n) is 1.67. The number of likely N-dealkylation sites (N-methyl/N-ethyl adjacent to an activating group) is 1. The van der Waals surface area contributed by atoms with E-state index in [1.165, 1.54) is 11.5 Å². The third kappa shape index (κ3) is 2.76. The molecule has 1 aromatic heterocycles. The monoisotopic (exact) mass is 240 g/mol. The first-order valence-electron chi connectivity index (χ1n) is 5.40. The fraction of sp³-hybridized carbons (Fsp3) is 0.700. The molecule has 0 spiro atoms.